The minimum absolute atomic E-state index is 0.108. The van der Waals surface area contributed by atoms with E-state index in [1.54, 1.807) is 0 Å². The SMILES string of the molecule is O=C(O)CN(CC(=O)O)C(=O)NCCC1CCCCO1. The molecular formula is C12H20N2O6. The molecular weight excluding hydrogens is 268 g/mol. The second kappa shape index (κ2) is 8.36. The molecule has 1 heterocycles. The first-order chi connectivity index (χ1) is 9.49. The van der Waals surface area contributed by atoms with E-state index in [1.165, 1.54) is 0 Å². The van der Waals surface area contributed by atoms with Gasteiger partial charge in [-0.2, -0.15) is 0 Å². The van der Waals surface area contributed by atoms with E-state index >= 15 is 0 Å². The Labute approximate surface area is 116 Å². The Morgan fingerprint density at radius 3 is 2.30 bits per heavy atom. The minimum atomic E-state index is -1.25. The summed E-state index contributed by atoms with van der Waals surface area (Å²) in [6.07, 6.45) is 3.84. The van der Waals surface area contributed by atoms with Crippen molar-refractivity contribution >= 4 is 18.0 Å². The Morgan fingerprint density at radius 2 is 1.80 bits per heavy atom. The van der Waals surface area contributed by atoms with Crippen molar-refractivity contribution in [1.29, 1.82) is 0 Å². The highest BCUT2D eigenvalue weighted by Crippen LogP contribution is 2.14. The van der Waals surface area contributed by atoms with Crippen molar-refractivity contribution in [3.05, 3.63) is 0 Å². The van der Waals surface area contributed by atoms with Gasteiger partial charge in [0, 0.05) is 13.2 Å². The lowest BCUT2D eigenvalue weighted by atomic mass is 10.1. The maximum Gasteiger partial charge on any atom is 0.323 e. The molecule has 8 heteroatoms. The summed E-state index contributed by atoms with van der Waals surface area (Å²) in [5, 5.41) is 19.8. The van der Waals surface area contributed by atoms with Crippen LogP contribution in [-0.4, -0.2) is 65.4 Å². The van der Waals surface area contributed by atoms with Crippen molar-refractivity contribution < 1.29 is 29.3 Å². The van der Waals surface area contributed by atoms with E-state index in [2.05, 4.69) is 5.32 Å². The number of carbonyl (C=O) groups is 3. The molecule has 1 rings (SSSR count). The molecule has 0 aliphatic carbocycles. The highest BCUT2D eigenvalue weighted by Gasteiger charge is 2.20. The number of urea groups is 1. The number of carboxylic acid groups (broad SMARTS) is 2. The third-order valence-electron chi connectivity index (χ3n) is 2.96. The number of nitrogens with one attached hydrogen (secondary N) is 1. The third-order valence-corrected chi connectivity index (χ3v) is 2.96. The second-order valence-electron chi connectivity index (χ2n) is 4.65. The molecule has 1 saturated heterocycles. The summed E-state index contributed by atoms with van der Waals surface area (Å²) in [6.45, 7) is -0.224. The largest absolute Gasteiger partial charge is 0.480 e. The van der Waals surface area contributed by atoms with Crippen LogP contribution in [0.4, 0.5) is 4.79 Å². The van der Waals surface area contributed by atoms with Gasteiger partial charge in [0.15, 0.2) is 0 Å². The van der Waals surface area contributed by atoms with Crippen LogP contribution in [0.3, 0.4) is 0 Å². The number of carbonyl (C=O) groups excluding carboxylic acids is 1. The normalized spacial score (nSPS) is 18.3. The summed E-state index contributed by atoms with van der Waals surface area (Å²) in [5.74, 6) is -2.51. The van der Waals surface area contributed by atoms with Crippen molar-refractivity contribution in [3.63, 3.8) is 0 Å². The van der Waals surface area contributed by atoms with E-state index in [0.29, 0.717) is 13.0 Å². The summed E-state index contributed by atoms with van der Waals surface area (Å²) < 4.78 is 5.50. The first kappa shape index (κ1) is 16.2. The van der Waals surface area contributed by atoms with E-state index in [4.69, 9.17) is 14.9 Å². The minimum Gasteiger partial charge on any atom is -0.480 e. The van der Waals surface area contributed by atoms with Crippen molar-refractivity contribution in [2.45, 2.75) is 31.8 Å². The predicted molar refractivity (Wildman–Crippen MR) is 68.5 cm³/mol. The van der Waals surface area contributed by atoms with Crippen LogP contribution in [0.15, 0.2) is 0 Å². The Balaban J connectivity index is 2.32. The Hall–Kier alpha value is -1.83. The molecule has 0 saturated carbocycles. The van der Waals surface area contributed by atoms with Crippen LogP contribution in [0.5, 0.6) is 0 Å². The first-order valence-corrected chi connectivity index (χ1v) is 6.57. The molecule has 20 heavy (non-hydrogen) atoms. The van der Waals surface area contributed by atoms with E-state index in [-0.39, 0.29) is 6.10 Å². The van der Waals surface area contributed by atoms with Gasteiger partial charge in [0.05, 0.1) is 6.10 Å². The maximum atomic E-state index is 11.7. The molecule has 0 aromatic carbocycles. The molecule has 8 nitrogen and oxygen atoms in total. The molecule has 1 fully saturated rings. The number of hydrogen-bond acceptors (Lipinski definition) is 4. The molecule has 0 bridgehead atoms. The summed E-state index contributed by atoms with van der Waals surface area (Å²) in [5.41, 5.74) is 0. The smallest absolute Gasteiger partial charge is 0.323 e. The third kappa shape index (κ3) is 6.37. The fourth-order valence-corrected chi connectivity index (χ4v) is 2.01. The number of hydrogen-bond donors (Lipinski definition) is 3. The zero-order valence-electron chi connectivity index (χ0n) is 11.2. The van der Waals surface area contributed by atoms with Crippen LogP contribution in [0.1, 0.15) is 25.7 Å². The van der Waals surface area contributed by atoms with Gasteiger partial charge in [0.2, 0.25) is 0 Å². The number of aliphatic carboxylic acids is 2. The Morgan fingerprint density at radius 1 is 1.15 bits per heavy atom. The molecule has 1 atom stereocenters. The molecule has 2 amide bonds. The average molecular weight is 288 g/mol. The van der Waals surface area contributed by atoms with E-state index in [9.17, 15) is 14.4 Å². The van der Waals surface area contributed by atoms with Crippen LogP contribution in [0.2, 0.25) is 0 Å². The monoisotopic (exact) mass is 288 g/mol. The lowest BCUT2D eigenvalue weighted by Gasteiger charge is -2.23. The summed E-state index contributed by atoms with van der Waals surface area (Å²) in [4.78, 5) is 33.6. The maximum absolute atomic E-state index is 11.7. The molecule has 114 valence electrons. The zero-order valence-corrected chi connectivity index (χ0v) is 11.2. The number of ether oxygens (including phenoxy) is 1. The number of amides is 2. The molecule has 0 aromatic heterocycles. The summed E-state index contributed by atoms with van der Waals surface area (Å²) >= 11 is 0. The Kier molecular flexibility index (Phi) is 6.78. The van der Waals surface area contributed by atoms with Crippen molar-refractivity contribution in [2.24, 2.45) is 0 Å². The van der Waals surface area contributed by atoms with E-state index in [0.717, 1.165) is 30.8 Å². The van der Waals surface area contributed by atoms with E-state index in [1.807, 2.05) is 0 Å². The molecule has 0 spiro atoms. The summed E-state index contributed by atoms with van der Waals surface area (Å²) in [6, 6.07) is -0.689. The van der Waals surface area contributed by atoms with Gasteiger partial charge in [-0.3, -0.25) is 9.59 Å². The predicted octanol–water partition coefficient (Wildman–Crippen LogP) is 0.126. The number of rotatable bonds is 7. The lowest BCUT2D eigenvalue weighted by molar-refractivity contribution is -0.140. The van der Waals surface area contributed by atoms with Gasteiger partial charge < -0.3 is 25.2 Å². The van der Waals surface area contributed by atoms with Crippen molar-refractivity contribution in [3.8, 4) is 0 Å². The van der Waals surface area contributed by atoms with Gasteiger partial charge in [-0.1, -0.05) is 0 Å². The van der Waals surface area contributed by atoms with Crippen molar-refractivity contribution in [2.75, 3.05) is 26.2 Å². The van der Waals surface area contributed by atoms with Crippen LogP contribution >= 0.6 is 0 Å². The van der Waals surface area contributed by atoms with Gasteiger partial charge >= 0.3 is 18.0 Å². The second-order valence-corrected chi connectivity index (χ2v) is 4.65. The van der Waals surface area contributed by atoms with Crippen molar-refractivity contribution in [1.82, 2.24) is 10.2 Å². The molecule has 3 N–H and O–H groups in total. The molecule has 0 radical (unpaired) electrons. The van der Waals surface area contributed by atoms with Gasteiger partial charge in [0.25, 0.3) is 0 Å². The zero-order chi connectivity index (χ0) is 15.0. The van der Waals surface area contributed by atoms with Gasteiger partial charge in [-0.15, -0.1) is 0 Å². The van der Waals surface area contributed by atoms with Gasteiger partial charge in [-0.25, -0.2) is 4.79 Å². The molecule has 1 aliphatic heterocycles. The van der Waals surface area contributed by atoms with E-state index < -0.39 is 31.1 Å². The standard InChI is InChI=1S/C12H20N2O6/c15-10(16)7-14(8-11(17)18)12(19)13-5-4-9-3-1-2-6-20-9/h9H,1-8H2,(H,13,19)(H,15,16)(H,17,18). The summed E-state index contributed by atoms with van der Waals surface area (Å²) in [7, 11) is 0. The highest BCUT2D eigenvalue weighted by atomic mass is 16.5. The van der Waals surface area contributed by atoms with Crippen LogP contribution in [0.25, 0.3) is 0 Å². The van der Waals surface area contributed by atoms with Gasteiger partial charge in [0.1, 0.15) is 13.1 Å². The lowest BCUT2D eigenvalue weighted by Crippen LogP contribution is -2.46. The molecule has 1 unspecified atom stereocenters. The molecule has 0 aromatic rings. The molecule has 1 aliphatic rings. The van der Waals surface area contributed by atoms with Crippen LogP contribution in [-0.2, 0) is 14.3 Å². The quantitative estimate of drug-likeness (QED) is 0.613. The van der Waals surface area contributed by atoms with Crippen LogP contribution in [0, 0.1) is 0 Å². The number of carboxylic acids is 2. The Bertz CT molecular complexity index is 338. The number of nitrogens with zero attached hydrogens (tertiary/aromatic N) is 1. The van der Waals surface area contributed by atoms with Gasteiger partial charge in [-0.05, 0) is 25.7 Å². The fourth-order valence-electron chi connectivity index (χ4n) is 2.01. The first-order valence-electron chi connectivity index (χ1n) is 6.57. The van der Waals surface area contributed by atoms with Crippen LogP contribution < -0.4 is 5.32 Å². The fraction of sp³-hybridized carbons (Fsp3) is 0.750. The highest BCUT2D eigenvalue weighted by molar-refractivity contribution is 5.84. The topological polar surface area (TPSA) is 116 Å². The average Bonchev–Trinajstić information content (AvgIpc) is 2.38.